The van der Waals surface area contributed by atoms with E-state index >= 15 is 0 Å². The minimum absolute atomic E-state index is 0.115. The van der Waals surface area contributed by atoms with E-state index in [-0.39, 0.29) is 17.4 Å². The van der Waals surface area contributed by atoms with Crippen LogP contribution in [-0.2, 0) is 4.79 Å². The lowest BCUT2D eigenvalue weighted by Crippen LogP contribution is -2.51. The Morgan fingerprint density at radius 3 is 2.70 bits per heavy atom. The molecule has 1 aliphatic carbocycles. The molecule has 1 amide bonds. The summed E-state index contributed by atoms with van der Waals surface area (Å²) < 4.78 is 0. The molecule has 1 heterocycles. The van der Waals surface area contributed by atoms with Crippen LogP contribution in [0.2, 0.25) is 0 Å². The van der Waals surface area contributed by atoms with Crippen molar-refractivity contribution in [3.63, 3.8) is 0 Å². The number of nitrogens with one attached hydrogen (secondary N) is 2. The molecule has 0 bridgehead atoms. The van der Waals surface area contributed by atoms with Crippen LogP contribution in [0.3, 0.4) is 0 Å². The molecule has 2 rings (SSSR count). The zero-order valence-corrected chi connectivity index (χ0v) is 12.8. The average molecular weight is 282 g/mol. The highest BCUT2D eigenvalue weighted by Crippen LogP contribution is 2.32. The van der Waals surface area contributed by atoms with Crippen molar-refractivity contribution in [2.75, 3.05) is 19.6 Å². The Morgan fingerprint density at radius 2 is 2.10 bits per heavy atom. The predicted molar refractivity (Wildman–Crippen MR) is 80.4 cm³/mol. The largest absolute Gasteiger partial charge is 0.393 e. The van der Waals surface area contributed by atoms with Gasteiger partial charge in [-0.25, -0.2) is 0 Å². The van der Waals surface area contributed by atoms with Crippen molar-refractivity contribution >= 4 is 5.91 Å². The van der Waals surface area contributed by atoms with Gasteiger partial charge in [-0.15, -0.1) is 0 Å². The van der Waals surface area contributed by atoms with Crippen LogP contribution in [0.25, 0.3) is 0 Å². The maximum atomic E-state index is 12.6. The van der Waals surface area contributed by atoms with Crippen molar-refractivity contribution in [1.82, 2.24) is 10.6 Å². The fourth-order valence-electron chi connectivity index (χ4n) is 3.74. The third-order valence-electron chi connectivity index (χ3n) is 5.05. The van der Waals surface area contributed by atoms with E-state index in [0.29, 0.717) is 5.92 Å². The number of amides is 1. The minimum Gasteiger partial charge on any atom is -0.393 e. The summed E-state index contributed by atoms with van der Waals surface area (Å²) in [6, 6.07) is 0. The van der Waals surface area contributed by atoms with Gasteiger partial charge in [-0.2, -0.15) is 0 Å². The zero-order valence-electron chi connectivity index (χ0n) is 12.8. The second-order valence-electron chi connectivity index (χ2n) is 6.70. The highest BCUT2D eigenvalue weighted by atomic mass is 16.3. The van der Waals surface area contributed by atoms with Crippen LogP contribution in [0.15, 0.2) is 0 Å². The number of aliphatic hydroxyl groups is 1. The van der Waals surface area contributed by atoms with Gasteiger partial charge in [0, 0.05) is 13.1 Å². The molecule has 4 heteroatoms. The van der Waals surface area contributed by atoms with Gasteiger partial charge in [0.2, 0.25) is 5.91 Å². The Hall–Kier alpha value is -0.610. The molecule has 3 N–H and O–H groups in total. The Balaban J connectivity index is 1.82. The number of carbonyl (C=O) groups excluding carboxylic acids is 1. The quantitative estimate of drug-likeness (QED) is 0.721. The van der Waals surface area contributed by atoms with E-state index in [0.717, 1.165) is 71.0 Å². The van der Waals surface area contributed by atoms with Crippen molar-refractivity contribution in [3.8, 4) is 0 Å². The lowest BCUT2D eigenvalue weighted by Gasteiger charge is -2.37. The first-order valence-corrected chi connectivity index (χ1v) is 8.33. The fraction of sp³-hybridized carbons (Fsp3) is 0.938. The van der Waals surface area contributed by atoms with Gasteiger partial charge in [-0.1, -0.05) is 13.3 Å². The maximum Gasteiger partial charge on any atom is 0.227 e. The molecule has 0 aromatic rings. The topological polar surface area (TPSA) is 61.4 Å². The first kappa shape index (κ1) is 15.8. The third-order valence-corrected chi connectivity index (χ3v) is 5.05. The highest BCUT2D eigenvalue weighted by Gasteiger charge is 2.38. The van der Waals surface area contributed by atoms with Crippen LogP contribution in [0.5, 0.6) is 0 Å². The van der Waals surface area contributed by atoms with Crippen LogP contribution in [0.4, 0.5) is 0 Å². The van der Waals surface area contributed by atoms with E-state index in [2.05, 4.69) is 17.6 Å². The molecule has 116 valence electrons. The van der Waals surface area contributed by atoms with Crippen LogP contribution >= 0.6 is 0 Å². The van der Waals surface area contributed by atoms with Crippen LogP contribution in [0, 0.1) is 11.3 Å². The molecule has 1 atom stereocenters. The lowest BCUT2D eigenvalue weighted by atomic mass is 9.76. The number of rotatable bonds is 5. The SMILES string of the molecule is CCCC1(C(=O)NCC2CCC(O)CC2)CCCNC1. The van der Waals surface area contributed by atoms with Gasteiger partial charge < -0.3 is 15.7 Å². The van der Waals surface area contributed by atoms with Gasteiger partial charge in [-0.3, -0.25) is 4.79 Å². The molecular weight excluding hydrogens is 252 g/mol. The summed E-state index contributed by atoms with van der Waals surface area (Å²) in [5.74, 6) is 0.801. The van der Waals surface area contributed by atoms with Crippen molar-refractivity contribution in [2.45, 2.75) is 64.4 Å². The number of carbonyl (C=O) groups is 1. The van der Waals surface area contributed by atoms with Crippen molar-refractivity contribution < 1.29 is 9.90 Å². The maximum absolute atomic E-state index is 12.6. The number of aliphatic hydroxyl groups excluding tert-OH is 1. The summed E-state index contributed by atoms with van der Waals surface area (Å²) in [5, 5.41) is 16.1. The average Bonchev–Trinajstić information content (AvgIpc) is 2.47. The monoisotopic (exact) mass is 282 g/mol. The molecule has 0 aromatic carbocycles. The third kappa shape index (κ3) is 3.95. The number of piperidine rings is 1. The van der Waals surface area contributed by atoms with E-state index in [1.165, 1.54) is 0 Å². The number of hydrogen-bond acceptors (Lipinski definition) is 3. The molecule has 2 aliphatic rings. The first-order valence-electron chi connectivity index (χ1n) is 8.33. The second-order valence-corrected chi connectivity index (χ2v) is 6.70. The Kier molecular flexibility index (Phi) is 5.85. The van der Waals surface area contributed by atoms with Gasteiger partial charge in [0.05, 0.1) is 11.5 Å². The summed E-state index contributed by atoms with van der Waals surface area (Å²) in [6.45, 7) is 4.82. The van der Waals surface area contributed by atoms with Crippen molar-refractivity contribution in [2.24, 2.45) is 11.3 Å². The van der Waals surface area contributed by atoms with E-state index in [4.69, 9.17) is 0 Å². The van der Waals surface area contributed by atoms with Gasteiger partial charge in [0.15, 0.2) is 0 Å². The molecule has 2 fully saturated rings. The normalized spacial score (nSPS) is 34.7. The van der Waals surface area contributed by atoms with Crippen LogP contribution in [-0.4, -0.2) is 36.8 Å². The summed E-state index contributed by atoms with van der Waals surface area (Å²) >= 11 is 0. The standard InChI is InChI=1S/C16H30N2O2/c1-2-8-16(9-3-10-17-12-16)15(20)18-11-13-4-6-14(19)7-5-13/h13-14,17,19H,2-12H2,1H3,(H,18,20). The summed E-state index contributed by atoms with van der Waals surface area (Å²) in [7, 11) is 0. The lowest BCUT2D eigenvalue weighted by molar-refractivity contribution is -0.132. The Bertz CT molecular complexity index is 300. The minimum atomic E-state index is -0.179. The smallest absolute Gasteiger partial charge is 0.227 e. The molecule has 1 saturated heterocycles. The van der Waals surface area contributed by atoms with Crippen molar-refractivity contribution in [1.29, 1.82) is 0 Å². The van der Waals surface area contributed by atoms with Gasteiger partial charge in [0.25, 0.3) is 0 Å². The molecule has 20 heavy (non-hydrogen) atoms. The molecule has 4 nitrogen and oxygen atoms in total. The molecule has 0 aromatic heterocycles. The van der Waals surface area contributed by atoms with Crippen LogP contribution in [0.1, 0.15) is 58.3 Å². The zero-order chi connectivity index (χ0) is 14.4. The summed E-state index contributed by atoms with van der Waals surface area (Å²) in [5.41, 5.74) is -0.179. The van der Waals surface area contributed by atoms with E-state index < -0.39 is 0 Å². The van der Waals surface area contributed by atoms with Crippen LogP contribution < -0.4 is 10.6 Å². The molecule has 0 radical (unpaired) electrons. The fourth-order valence-corrected chi connectivity index (χ4v) is 3.74. The Morgan fingerprint density at radius 1 is 1.35 bits per heavy atom. The predicted octanol–water partition coefficient (Wildman–Crippen LogP) is 1.82. The molecule has 1 unspecified atom stereocenters. The van der Waals surface area contributed by atoms with E-state index in [9.17, 15) is 9.90 Å². The Labute approximate surface area is 122 Å². The molecule has 0 spiro atoms. The van der Waals surface area contributed by atoms with Gasteiger partial charge in [-0.05, 0) is 57.4 Å². The molecular formula is C16H30N2O2. The van der Waals surface area contributed by atoms with Gasteiger partial charge in [0.1, 0.15) is 0 Å². The second kappa shape index (κ2) is 7.41. The van der Waals surface area contributed by atoms with E-state index in [1.807, 2.05) is 0 Å². The van der Waals surface area contributed by atoms with Crippen molar-refractivity contribution in [3.05, 3.63) is 0 Å². The summed E-state index contributed by atoms with van der Waals surface area (Å²) in [4.78, 5) is 12.6. The summed E-state index contributed by atoms with van der Waals surface area (Å²) in [6.07, 6.45) is 7.91. The highest BCUT2D eigenvalue weighted by molar-refractivity contribution is 5.83. The molecule has 1 aliphatic heterocycles. The van der Waals surface area contributed by atoms with E-state index in [1.54, 1.807) is 0 Å². The molecule has 1 saturated carbocycles. The van der Waals surface area contributed by atoms with Gasteiger partial charge >= 0.3 is 0 Å². The number of hydrogen-bond donors (Lipinski definition) is 3. The first-order chi connectivity index (χ1) is 9.66.